The van der Waals surface area contributed by atoms with Crippen LogP contribution in [0.15, 0.2) is 18.2 Å². The lowest BCUT2D eigenvalue weighted by molar-refractivity contribution is -0.131. The topological polar surface area (TPSA) is 46.5 Å². The van der Waals surface area contributed by atoms with Crippen LogP contribution in [0.4, 0.5) is 0 Å². The molecular formula is C15H16Cl2O3. The van der Waals surface area contributed by atoms with Crippen LogP contribution in [0, 0.1) is 5.92 Å². The number of carbonyl (C=O) groups is 1. The Morgan fingerprint density at radius 2 is 2.05 bits per heavy atom. The molecule has 1 aliphatic carbocycles. The average molecular weight is 315 g/mol. The third-order valence-corrected chi connectivity index (χ3v) is 3.88. The largest absolute Gasteiger partial charge is 0.491 e. The van der Waals surface area contributed by atoms with Crippen LogP contribution < -0.4 is 4.74 Å². The van der Waals surface area contributed by atoms with Gasteiger partial charge in [-0.05, 0) is 37.0 Å². The molecule has 0 saturated heterocycles. The van der Waals surface area contributed by atoms with Gasteiger partial charge in [-0.15, -0.1) is 0 Å². The number of ether oxygens (including phenoxy) is 1. The van der Waals surface area contributed by atoms with Crippen LogP contribution in [0.2, 0.25) is 10.0 Å². The molecule has 108 valence electrons. The predicted molar refractivity (Wildman–Crippen MR) is 80.6 cm³/mol. The highest BCUT2D eigenvalue weighted by Crippen LogP contribution is 2.35. The third kappa shape index (κ3) is 4.15. The van der Waals surface area contributed by atoms with Gasteiger partial charge >= 0.3 is 5.97 Å². The summed E-state index contributed by atoms with van der Waals surface area (Å²) in [6.07, 6.45) is 7.33. The Bertz CT molecular complexity index is 520. The minimum atomic E-state index is -1.03. The van der Waals surface area contributed by atoms with Gasteiger partial charge in [0.15, 0.2) is 0 Å². The molecule has 0 radical (unpaired) electrons. The fourth-order valence-corrected chi connectivity index (χ4v) is 2.96. The molecule has 1 saturated carbocycles. The van der Waals surface area contributed by atoms with E-state index in [9.17, 15) is 4.79 Å². The van der Waals surface area contributed by atoms with Crippen LogP contribution in [0.5, 0.6) is 5.75 Å². The minimum Gasteiger partial charge on any atom is -0.491 e. The molecule has 0 aliphatic heterocycles. The monoisotopic (exact) mass is 314 g/mol. The fraction of sp³-hybridized carbons (Fsp3) is 0.400. The maximum absolute atomic E-state index is 10.6. The predicted octanol–water partition coefficient (Wildman–Crippen LogP) is 4.66. The van der Waals surface area contributed by atoms with Gasteiger partial charge in [-0.2, -0.15) is 0 Å². The van der Waals surface area contributed by atoms with Gasteiger partial charge in [0.05, 0.1) is 11.6 Å². The summed E-state index contributed by atoms with van der Waals surface area (Å²) in [5.41, 5.74) is 0.586. The quantitative estimate of drug-likeness (QED) is 0.804. The number of benzene rings is 1. The number of rotatable bonds is 5. The van der Waals surface area contributed by atoms with Crippen molar-refractivity contribution in [1.29, 1.82) is 0 Å². The van der Waals surface area contributed by atoms with Crippen LogP contribution in [-0.4, -0.2) is 17.7 Å². The van der Waals surface area contributed by atoms with Crippen molar-refractivity contribution in [3.05, 3.63) is 33.8 Å². The van der Waals surface area contributed by atoms with Crippen LogP contribution in [0.3, 0.4) is 0 Å². The van der Waals surface area contributed by atoms with Crippen LogP contribution in [0.1, 0.15) is 31.2 Å². The zero-order valence-electron chi connectivity index (χ0n) is 10.9. The van der Waals surface area contributed by atoms with Crippen molar-refractivity contribution in [3.8, 4) is 5.75 Å². The van der Waals surface area contributed by atoms with Crippen molar-refractivity contribution in [2.45, 2.75) is 25.7 Å². The number of aliphatic carboxylic acids is 1. The second-order valence-corrected chi connectivity index (χ2v) is 5.78. The first-order chi connectivity index (χ1) is 9.56. The van der Waals surface area contributed by atoms with Crippen LogP contribution in [-0.2, 0) is 4.79 Å². The average Bonchev–Trinajstić information content (AvgIpc) is 2.88. The Labute approximate surface area is 128 Å². The molecule has 20 heavy (non-hydrogen) atoms. The molecule has 0 bridgehead atoms. The van der Waals surface area contributed by atoms with Gasteiger partial charge in [-0.3, -0.25) is 0 Å². The molecule has 1 aromatic carbocycles. The van der Waals surface area contributed by atoms with E-state index in [0.717, 1.165) is 6.08 Å². The molecule has 0 unspecified atom stereocenters. The molecule has 5 heteroatoms. The Morgan fingerprint density at radius 1 is 1.35 bits per heavy atom. The van der Waals surface area contributed by atoms with Crippen LogP contribution in [0.25, 0.3) is 6.08 Å². The van der Waals surface area contributed by atoms with E-state index in [1.165, 1.54) is 31.8 Å². The molecule has 0 aromatic heterocycles. The summed E-state index contributed by atoms with van der Waals surface area (Å²) < 4.78 is 5.80. The molecule has 1 N–H and O–H groups in total. The summed E-state index contributed by atoms with van der Waals surface area (Å²) in [6.45, 7) is 0.606. The normalized spacial score (nSPS) is 15.9. The molecule has 0 spiro atoms. The number of carboxylic acids is 1. The van der Waals surface area contributed by atoms with E-state index in [1.807, 2.05) is 0 Å². The number of halogens is 2. The standard InChI is InChI=1S/C15H16Cl2O3/c16-12-7-11(5-6-14(18)19)15(13(17)8-12)20-9-10-3-1-2-4-10/h5-8,10H,1-4,9H2,(H,18,19). The summed E-state index contributed by atoms with van der Waals surface area (Å²) >= 11 is 12.1. The van der Waals surface area contributed by atoms with Gasteiger partial charge in [-0.25, -0.2) is 4.79 Å². The molecule has 2 rings (SSSR count). The minimum absolute atomic E-state index is 0.403. The van der Waals surface area contributed by atoms with E-state index in [2.05, 4.69) is 0 Å². The first-order valence-corrected chi connectivity index (χ1v) is 7.34. The van der Waals surface area contributed by atoms with E-state index in [4.69, 9.17) is 33.0 Å². The van der Waals surface area contributed by atoms with Gasteiger partial charge < -0.3 is 9.84 Å². The first kappa shape index (κ1) is 15.2. The highest BCUT2D eigenvalue weighted by atomic mass is 35.5. The van der Waals surface area contributed by atoms with Crippen LogP contribution >= 0.6 is 23.2 Å². The second-order valence-electron chi connectivity index (χ2n) is 4.94. The third-order valence-electron chi connectivity index (χ3n) is 3.38. The highest BCUT2D eigenvalue weighted by Gasteiger charge is 2.17. The van der Waals surface area contributed by atoms with E-state index >= 15 is 0 Å². The van der Waals surface area contributed by atoms with Gasteiger partial charge in [0.25, 0.3) is 0 Å². The first-order valence-electron chi connectivity index (χ1n) is 6.59. The molecule has 1 aliphatic rings. The molecule has 1 aromatic rings. The van der Waals surface area contributed by atoms with Crippen molar-refractivity contribution in [2.75, 3.05) is 6.61 Å². The van der Waals surface area contributed by atoms with E-state index in [-0.39, 0.29) is 0 Å². The van der Waals surface area contributed by atoms with E-state index in [0.29, 0.717) is 33.9 Å². The van der Waals surface area contributed by atoms with Crippen molar-refractivity contribution >= 4 is 35.2 Å². The number of hydrogen-bond acceptors (Lipinski definition) is 2. The smallest absolute Gasteiger partial charge is 0.328 e. The summed E-state index contributed by atoms with van der Waals surface area (Å²) in [4.78, 5) is 10.6. The summed E-state index contributed by atoms with van der Waals surface area (Å²) in [6, 6.07) is 3.25. The second kappa shape index (κ2) is 7.00. The Morgan fingerprint density at radius 3 is 2.70 bits per heavy atom. The van der Waals surface area contributed by atoms with Crippen molar-refractivity contribution in [2.24, 2.45) is 5.92 Å². The molecule has 0 amide bonds. The molecule has 0 atom stereocenters. The van der Waals surface area contributed by atoms with Crippen molar-refractivity contribution in [1.82, 2.24) is 0 Å². The maximum Gasteiger partial charge on any atom is 0.328 e. The lowest BCUT2D eigenvalue weighted by Gasteiger charge is -2.15. The summed E-state index contributed by atoms with van der Waals surface area (Å²) in [5, 5.41) is 9.57. The maximum atomic E-state index is 10.6. The molecule has 1 fully saturated rings. The zero-order chi connectivity index (χ0) is 14.5. The van der Waals surface area contributed by atoms with Gasteiger partial charge in [0, 0.05) is 16.7 Å². The van der Waals surface area contributed by atoms with Gasteiger partial charge in [0.2, 0.25) is 0 Å². The Hall–Kier alpha value is -1.19. The van der Waals surface area contributed by atoms with Gasteiger partial charge in [0.1, 0.15) is 5.75 Å². The van der Waals surface area contributed by atoms with Crippen molar-refractivity contribution in [3.63, 3.8) is 0 Å². The molecular weight excluding hydrogens is 299 g/mol. The fourth-order valence-electron chi connectivity index (χ4n) is 2.40. The number of hydrogen-bond donors (Lipinski definition) is 1. The van der Waals surface area contributed by atoms with Gasteiger partial charge in [-0.1, -0.05) is 36.0 Å². The Kier molecular flexibility index (Phi) is 5.32. The van der Waals surface area contributed by atoms with Crippen molar-refractivity contribution < 1.29 is 14.6 Å². The van der Waals surface area contributed by atoms with E-state index in [1.54, 1.807) is 12.1 Å². The lowest BCUT2D eigenvalue weighted by Crippen LogP contribution is -2.09. The highest BCUT2D eigenvalue weighted by molar-refractivity contribution is 6.35. The summed E-state index contributed by atoms with van der Waals surface area (Å²) in [7, 11) is 0. The zero-order valence-corrected chi connectivity index (χ0v) is 12.5. The van der Waals surface area contributed by atoms with E-state index < -0.39 is 5.97 Å². The Balaban J connectivity index is 2.17. The SMILES string of the molecule is O=C(O)C=Cc1cc(Cl)cc(Cl)c1OCC1CCCC1. The molecule has 3 nitrogen and oxygen atoms in total. The molecule has 0 heterocycles. The summed E-state index contributed by atoms with van der Waals surface area (Å²) in [5.74, 6) is 0.0290. The lowest BCUT2D eigenvalue weighted by atomic mass is 10.1. The number of carboxylic acid groups (broad SMARTS) is 1.